The van der Waals surface area contributed by atoms with E-state index < -0.39 is 0 Å². The minimum absolute atomic E-state index is 0. The molecule has 1 aliphatic heterocycles. The van der Waals surface area contributed by atoms with Crippen molar-refractivity contribution in [3.05, 3.63) is 30.1 Å². The average Bonchev–Trinajstić information content (AvgIpc) is 2.56. The Balaban J connectivity index is 0.00000264. The van der Waals surface area contributed by atoms with Gasteiger partial charge in [-0.15, -0.1) is 24.0 Å². The van der Waals surface area contributed by atoms with Crippen LogP contribution in [0.3, 0.4) is 0 Å². The Hall–Kier alpha value is -1.37. The average molecular weight is 361 g/mol. The Bertz CT molecular complexity index is 494. The fourth-order valence-corrected chi connectivity index (χ4v) is 2.51. The van der Waals surface area contributed by atoms with Crippen molar-refractivity contribution in [3.8, 4) is 0 Å². The molecule has 128 valence electrons. The maximum Gasteiger partial charge on any atom is 0.234 e. The van der Waals surface area contributed by atoms with Crippen LogP contribution in [0.15, 0.2) is 24.5 Å². The highest BCUT2D eigenvalue weighted by molar-refractivity contribution is 6.27. The molecule has 0 bridgehead atoms. The normalized spacial score (nSPS) is 14.9. The first-order valence-corrected chi connectivity index (χ1v) is 7.94. The molecule has 1 saturated heterocycles. The molecule has 0 radical (unpaired) electrons. The predicted octanol–water partition coefficient (Wildman–Crippen LogP) is 0.893. The van der Waals surface area contributed by atoms with Crippen LogP contribution in [0.25, 0.3) is 0 Å². The number of amides is 2. The van der Waals surface area contributed by atoms with E-state index in [1.54, 1.807) is 12.4 Å². The van der Waals surface area contributed by atoms with Crippen molar-refractivity contribution >= 4 is 35.8 Å². The van der Waals surface area contributed by atoms with Crippen LogP contribution in [-0.4, -0.2) is 65.2 Å². The van der Waals surface area contributed by atoms with Crippen LogP contribution in [-0.2, 0) is 16.1 Å². The fraction of sp³-hybridized carbons (Fsp3) is 0.533. The lowest BCUT2D eigenvalue weighted by atomic mass is 10.2. The number of hydrogen-bond donors (Lipinski definition) is 1. The van der Waals surface area contributed by atoms with Gasteiger partial charge in [0.05, 0.1) is 0 Å². The molecule has 0 saturated carbocycles. The molecule has 2 rings (SSSR count). The molecule has 1 aliphatic rings. The first-order chi connectivity index (χ1) is 10.7. The van der Waals surface area contributed by atoms with Gasteiger partial charge in [-0.05, 0) is 17.7 Å². The number of pyridine rings is 1. The Kier molecular flexibility index (Phi) is 8.91. The molecule has 8 heteroatoms. The molecule has 1 aromatic heterocycles. The van der Waals surface area contributed by atoms with Crippen molar-refractivity contribution < 1.29 is 9.59 Å². The van der Waals surface area contributed by atoms with Crippen molar-refractivity contribution in [1.29, 1.82) is 0 Å². The van der Waals surface area contributed by atoms with Crippen molar-refractivity contribution in [2.75, 3.05) is 38.6 Å². The highest BCUT2D eigenvalue weighted by Crippen LogP contribution is 2.08. The van der Waals surface area contributed by atoms with Gasteiger partial charge in [0.1, 0.15) is 5.88 Å². The molecule has 2 heterocycles. The fourth-order valence-electron chi connectivity index (χ4n) is 2.42. The zero-order chi connectivity index (χ0) is 15.8. The third-order valence-corrected chi connectivity index (χ3v) is 3.91. The predicted molar refractivity (Wildman–Crippen MR) is 91.7 cm³/mol. The summed E-state index contributed by atoms with van der Waals surface area (Å²) in [5, 5.41) is 2.61. The van der Waals surface area contributed by atoms with Gasteiger partial charge in [0, 0.05) is 58.1 Å². The van der Waals surface area contributed by atoms with E-state index in [1.807, 2.05) is 17.0 Å². The monoisotopic (exact) mass is 360 g/mol. The maximum absolute atomic E-state index is 12.0. The van der Waals surface area contributed by atoms with Crippen molar-refractivity contribution in [2.24, 2.45) is 0 Å². The number of carbonyl (C=O) groups is 2. The highest BCUT2D eigenvalue weighted by atomic mass is 35.5. The van der Waals surface area contributed by atoms with Crippen LogP contribution in [0.5, 0.6) is 0 Å². The summed E-state index contributed by atoms with van der Waals surface area (Å²) in [6.45, 7) is 4.42. The zero-order valence-corrected chi connectivity index (χ0v) is 14.5. The second-order valence-corrected chi connectivity index (χ2v) is 5.51. The van der Waals surface area contributed by atoms with Crippen molar-refractivity contribution in [1.82, 2.24) is 20.1 Å². The number of halogens is 2. The minimum atomic E-state index is -0.239. The van der Waals surface area contributed by atoms with E-state index in [9.17, 15) is 9.59 Å². The quantitative estimate of drug-likeness (QED) is 0.765. The van der Waals surface area contributed by atoms with E-state index in [1.165, 1.54) is 5.56 Å². The smallest absolute Gasteiger partial charge is 0.234 e. The summed E-state index contributed by atoms with van der Waals surface area (Å²) >= 11 is 5.38. The molecule has 23 heavy (non-hydrogen) atoms. The lowest BCUT2D eigenvalue weighted by Gasteiger charge is -2.34. The lowest BCUT2D eigenvalue weighted by molar-refractivity contribution is -0.133. The van der Waals surface area contributed by atoms with E-state index in [0.29, 0.717) is 13.0 Å². The van der Waals surface area contributed by atoms with E-state index >= 15 is 0 Å². The van der Waals surface area contributed by atoms with Crippen LogP contribution in [0.4, 0.5) is 0 Å². The Morgan fingerprint density at radius 3 is 2.43 bits per heavy atom. The standard InChI is InChI=1S/C15H21ClN4O2.ClH/c16-11-14(21)18-6-3-15(22)20-9-7-19(8-10-20)12-13-1-4-17-5-2-13;/h1-2,4-5H,3,6-12H2,(H,18,21);1H. The first-order valence-electron chi connectivity index (χ1n) is 7.40. The van der Waals surface area contributed by atoms with Gasteiger partial charge in [-0.1, -0.05) is 0 Å². The summed E-state index contributed by atoms with van der Waals surface area (Å²) in [5.41, 5.74) is 1.23. The molecule has 0 unspecified atom stereocenters. The number of alkyl halides is 1. The third-order valence-electron chi connectivity index (χ3n) is 3.66. The van der Waals surface area contributed by atoms with E-state index in [-0.39, 0.29) is 30.1 Å². The number of nitrogens with zero attached hydrogens (tertiary/aromatic N) is 3. The number of rotatable bonds is 6. The van der Waals surface area contributed by atoms with E-state index in [2.05, 4.69) is 15.2 Å². The number of nitrogens with one attached hydrogen (secondary N) is 1. The lowest BCUT2D eigenvalue weighted by Crippen LogP contribution is -2.48. The number of carbonyl (C=O) groups excluding carboxylic acids is 2. The van der Waals surface area contributed by atoms with E-state index in [4.69, 9.17) is 11.6 Å². The summed E-state index contributed by atoms with van der Waals surface area (Å²) in [6, 6.07) is 4.02. The molecular weight excluding hydrogens is 339 g/mol. The number of hydrogen-bond acceptors (Lipinski definition) is 4. The Morgan fingerprint density at radius 2 is 1.83 bits per heavy atom. The molecule has 0 spiro atoms. The summed E-state index contributed by atoms with van der Waals surface area (Å²) < 4.78 is 0. The summed E-state index contributed by atoms with van der Waals surface area (Å²) in [5.74, 6) is -0.225. The van der Waals surface area contributed by atoms with Gasteiger partial charge in [-0.25, -0.2) is 0 Å². The van der Waals surface area contributed by atoms with E-state index in [0.717, 1.165) is 32.7 Å². The van der Waals surface area contributed by atoms with Gasteiger partial charge in [-0.3, -0.25) is 19.5 Å². The Labute approximate surface area is 147 Å². The van der Waals surface area contributed by atoms with Gasteiger partial charge in [0.2, 0.25) is 11.8 Å². The molecule has 6 nitrogen and oxygen atoms in total. The van der Waals surface area contributed by atoms with Crippen LogP contribution >= 0.6 is 24.0 Å². The molecule has 0 aliphatic carbocycles. The molecule has 0 atom stereocenters. The summed E-state index contributed by atoms with van der Waals surface area (Å²) in [4.78, 5) is 31.3. The summed E-state index contributed by atoms with van der Waals surface area (Å²) in [6.07, 6.45) is 3.92. The van der Waals surface area contributed by atoms with Crippen LogP contribution in [0.1, 0.15) is 12.0 Å². The number of piperazine rings is 1. The summed E-state index contributed by atoms with van der Waals surface area (Å²) in [7, 11) is 0. The topological polar surface area (TPSA) is 65.5 Å². The van der Waals surface area contributed by atoms with Crippen molar-refractivity contribution in [2.45, 2.75) is 13.0 Å². The zero-order valence-electron chi connectivity index (χ0n) is 12.9. The molecule has 2 amide bonds. The third kappa shape index (κ3) is 6.72. The van der Waals surface area contributed by atoms with Crippen LogP contribution < -0.4 is 5.32 Å². The largest absolute Gasteiger partial charge is 0.355 e. The van der Waals surface area contributed by atoms with Gasteiger partial charge < -0.3 is 10.2 Å². The maximum atomic E-state index is 12.0. The molecule has 1 N–H and O–H groups in total. The van der Waals surface area contributed by atoms with Gasteiger partial charge in [-0.2, -0.15) is 0 Å². The highest BCUT2D eigenvalue weighted by Gasteiger charge is 2.20. The second kappa shape index (κ2) is 10.4. The molecule has 1 aromatic rings. The molecular formula is C15H22Cl2N4O2. The number of aromatic nitrogens is 1. The molecule has 0 aromatic carbocycles. The van der Waals surface area contributed by atoms with Crippen LogP contribution in [0, 0.1) is 0 Å². The SMILES string of the molecule is Cl.O=C(CCl)NCCC(=O)N1CCN(Cc2ccncc2)CC1. The second-order valence-electron chi connectivity index (χ2n) is 5.25. The van der Waals surface area contributed by atoms with Crippen LogP contribution in [0.2, 0.25) is 0 Å². The Morgan fingerprint density at radius 1 is 1.17 bits per heavy atom. The van der Waals surface area contributed by atoms with Gasteiger partial charge in [0.25, 0.3) is 0 Å². The van der Waals surface area contributed by atoms with Crippen molar-refractivity contribution in [3.63, 3.8) is 0 Å². The molecule has 1 fully saturated rings. The first kappa shape index (κ1) is 19.7. The van der Waals surface area contributed by atoms with Gasteiger partial charge in [0.15, 0.2) is 0 Å². The minimum Gasteiger partial charge on any atom is -0.355 e. The van der Waals surface area contributed by atoms with Gasteiger partial charge >= 0.3 is 0 Å².